The summed E-state index contributed by atoms with van der Waals surface area (Å²) in [6.07, 6.45) is 2.09. The lowest BCUT2D eigenvalue weighted by Gasteiger charge is -2.15. The van der Waals surface area contributed by atoms with Crippen LogP contribution in [0.4, 0.5) is 0 Å². The van der Waals surface area contributed by atoms with Crippen LogP contribution < -0.4 is 0 Å². The highest BCUT2D eigenvalue weighted by Gasteiger charge is 2.10. The molecule has 0 aliphatic carbocycles. The molecule has 0 saturated heterocycles. The van der Waals surface area contributed by atoms with Crippen molar-refractivity contribution in [2.24, 2.45) is 0 Å². The Bertz CT molecular complexity index is 346. The molecule has 3 heteroatoms. The third kappa shape index (κ3) is 5.88. The van der Waals surface area contributed by atoms with Crippen LogP contribution in [0, 0.1) is 0 Å². The monoisotopic (exact) mass is 234 g/mol. The molecule has 0 aliphatic heterocycles. The van der Waals surface area contributed by atoms with Gasteiger partial charge in [0.2, 0.25) is 0 Å². The average Bonchev–Trinajstić information content (AvgIpc) is 2.30. The van der Waals surface area contributed by atoms with Gasteiger partial charge in [0.05, 0.1) is 13.2 Å². The summed E-state index contributed by atoms with van der Waals surface area (Å²) in [4.78, 5) is 10.9. The smallest absolute Gasteiger partial charge is 0.302 e. The van der Waals surface area contributed by atoms with Crippen LogP contribution in [0.1, 0.15) is 18.9 Å². The van der Waals surface area contributed by atoms with Crippen LogP contribution in [-0.4, -0.2) is 18.7 Å². The van der Waals surface area contributed by atoms with E-state index in [0.717, 1.165) is 5.56 Å². The molecule has 17 heavy (non-hydrogen) atoms. The molecule has 1 atom stereocenters. The van der Waals surface area contributed by atoms with Gasteiger partial charge in [-0.2, -0.15) is 0 Å². The molecule has 0 fully saturated rings. The van der Waals surface area contributed by atoms with Crippen LogP contribution in [0.5, 0.6) is 0 Å². The Morgan fingerprint density at radius 1 is 1.41 bits per heavy atom. The fraction of sp³-hybridized carbons (Fsp3) is 0.357. The van der Waals surface area contributed by atoms with Crippen LogP contribution in [0.2, 0.25) is 0 Å². The van der Waals surface area contributed by atoms with Crippen molar-refractivity contribution in [1.29, 1.82) is 0 Å². The SMILES string of the molecule is C=CCC(COCc1ccccc1)OC(C)=O. The second-order valence-corrected chi connectivity index (χ2v) is 3.76. The molecule has 1 unspecified atom stereocenters. The molecule has 0 aromatic heterocycles. The van der Waals surface area contributed by atoms with Gasteiger partial charge >= 0.3 is 5.97 Å². The van der Waals surface area contributed by atoms with Crippen LogP contribution in [0.15, 0.2) is 43.0 Å². The van der Waals surface area contributed by atoms with E-state index in [9.17, 15) is 4.79 Å². The molecule has 0 radical (unpaired) electrons. The maximum absolute atomic E-state index is 10.9. The quantitative estimate of drug-likeness (QED) is 0.537. The van der Waals surface area contributed by atoms with Crippen molar-refractivity contribution in [2.45, 2.75) is 26.1 Å². The average molecular weight is 234 g/mol. The Balaban J connectivity index is 2.31. The van der Waals surface area contributed by atoms with E-state index in [2.05, 4.69) is 6.58 Å². The van der Waals surface area contributed by atoms with Crippen LogP contribution in [-0.2, 0) is 20.9 Å². The second-order valence-electron chi connectivity index (χ2n) is 3.76. The fourth-order valence-electron chi connectivity index (χ4n) is 1.45. The molecular weight excluding hydrogens is 216 g/mol. The van der Waals surface area contributed by atoms with Crippen molar-refractivity contribution in [1.82, 2.24) is 0 Å². The summed E-state index contributed by atoms with van der Waals surface area (Å²) in [5, 5.41) is 0. The molecule has 0 N–H and O–H groups in total. The second kappa shape index (κ2) is 7.63. The molecule has 3 nitrogen and oxygen atoms in total. The van der Waals surface area contributed by atoms with E-state index >= 15 is 0 Å². The van der Waals surface area contributed by atoms with Crippen LogP contribution in [0.3, 0.4) is 0 Å². The summed E-state index contributed by atoms with van der Waals surface area (Å²) < 4.78 is 10.6. The third-order valence-corrected chi connectivity index (χ3v) is 2.18. The molecule has 0 heterocycles. The first kappa shape index (κ1) is 13.5. The lowest BCUT2D eigenvalue weighted by Crippen LogP contribution is -2.21. The normalized spacial score (nSPS) is 11.8. The van der Waals surface area contributed by atoms with E-state index < -0.39 is 0 Å². The third-order valence-electron chi connectivity index (χ3n) is 2.18. The summed E-state index contributed by atoms with van der Waals surface area (Å²) >= 11 is 0. The largest absolute Gasteiger partial charge is 0.460 e. The molecule has 1 rings (SSSR count). The predicted octanol–water partition coefficient (Wildman–Crippen LogP) is 2.71. The van der Waals surface area contributed by atoms with E-state index in [1.807, 2.05) is 30.3 Å². The van der Waals surface area contributed by atoms with Gasteiger partial charge < -0.3 is 9.47 Å². The highest BCUT2D eigenvalue weighted by molar-refractivity contribution is 5.66. The molecule has 92 valence electrons. The van der Waals surface area contributed by atoms with Crippen molar-refractivity contribution >= 4 is 5.97 Å². The first-order chi connectivity index (χ1) is 8.22. The number of hydrogen-bond donors (Lipinski definition) is 0. The molecule has 0 saturated carbocycles. The van der Waals surface area contributed by atoms with E-state index in [-0.39, 0.29) is 12.1 Å². The zero-order chi connectivity index (χ0) is 12.5. The van der Waals surface area contributed by atoms with Gasteiger partial charge in [0.25, 0.3) is 0 Å². The first-order valence-corrected chi connectivity index (χ1v) is 5.62. The van der Waals surface area contributed by atoms with Crippen molar-refractivity contribution in [2.75, 3.05) is 6.61 Å². The van der Waals surface area contributed by atoms with E-state index in [1.54, 1.807) is 6.08 Å². The van der Waals surface area contributed by atoms with Crippen LogP contribution in [0.25, 0.3) is 0 Å². The number of esters is 1. The van der Waals surface area contributed by atoms with Gasteiger partial charge in [0.15, 0.2) is 0 Å². The van der Waals surface area contributed by atoms with Gasteiger partial charge in [-0.25, -0.2) is 0 Å². The van der Waals surface area contributed by atoms with Crippen molar-refractivity contribution < 1.29 is 14.3 Å². The van der Waals surface area contributed by atoms with Gasteiger partial charge in [-0.3, -0.25) is 4.79 Å². The van der Waals surface area contributed by atoms with E-state index in [0.29, 0.717) is 19.6 Å². The predicted molar refractivity (Wildman–Crippen MR) is 66.5 cm³/mol. The maximum Gasteiger partial charge on any atom is 0.302 e. The van der Waals surface area contributed by atoms with Gasteiger partial charge in [-0.15, -0.1) is 6.58 Å². The zero-order valence-corrected chi connectivity index (χ0v) is 10.1. The minimum absolute atomic E-state index is 0.242. The lowest BCUT2D eigenvalue weighted by molar-refractivity contribution is -0.149. The highest BCUT2D eigenvalue weighted by Crippen LogP contribution is 2.05. The number of benzene rings is 1. The molecule has 0 aliphatic rings. The number of carbonyl (C=O) groups is 1. The van der Waals surface area contributed by atoms with Gasteiger partial charge in [0.1, 0.15) is 6.10 Å². The Hall–Kier alpha value is -1.61. The van der Waals surface area contributed by atoms with Gasteiger partial charge in [-0.05, 0) is 5.56 Å². The lowest BCUT2D eigenvalue weighted by atomic mass is 10.2. The molecular formula is C14H18O3. The number of rotatable bonds is 7. The number of hydrogen-bond acceptors (Lipinski definition) is 3. The highest BCUT2D eigenvalue weighted by atomic mass is 16.6. The Labute approximate surface area is 102 Å². The number of carbonyl (C=O) groups excluding carboxylic acids is 1. The Morgan fingerprint density at radius 3 is 2.71 bits per heavy atom. The molecule has 0 spiro atoms. The molecule has 1 aromatic carbocycles. The zero-order valence-electron chi connectivity index (χ0n) is 10.1. The first-order valence-electron chi connectivity index (χ1n) is 5.62. The minimum atomic E-state index is -0.292. The van der Waals surface area contributed by atoms with Crippen molar-refractivity contribution in [3.05, 3.63) is 48.6 Å². The molecule has 0 bridgehead atoms. The summed E-state index contributed by atoms with van der Waals surface area (Å²) in [5.41, 5.74) is 1.10. The Morgan fingerprint density at radius 2 is 2.12 bits per heavy atom. The van der Waals surface area contributed by atoms with Gasteiger partial charge in [0, 0.05) is 13.3 Å². The summed E-state index contributed by atoms with van der Waals surface area (Å²) in [7, 11) is 0. The van der Waals surface area contributed by atoms with Crippen molar-refractivity contribution in [3.63, 3.8) is 0 Å². The van der Waals surface area contributed by atoms with Crippen molar-refractivity contribution in [3.8, 4) is 0 Å². The number of ether oxygens (including phenoxy) is 2. The molecule has 0 amide bonds. The Kier molecular flexibility index (Phi) is 6.04. The minimum Gasteiger partial charge on any atom is -0.460 e. The standard InChI is InChI=1S/C14H18O3/c1-3-7-14(17-12(2)15)11-16-10-13-8-5-4-6-9-13/h3-6,8-9,14H,1,7,10-11H2,2H3. The summed E-state index contributed by atoms with van der Waals surface area (Å²) in [5.74, 6) is -0.292. The van der Waals surface area contributed by atoms with Gasteiger partial charge in [-0.1, -0.05) is 36.4 Å². The van der Waals surface area contributed by atoms with E-state index in [4.69, 9.17) is 9.47 Å². The summed E-state index contributed by atoms with van der Waals surface area (Å²) in [6, 6.07) is 9.88. The maximum atomic E-state index is 10.9. The topological polar surface area (TPSA) is 35.5 Å². The fourth-order valence-corrected chi connectivity index (χ4v) is 1.45. The van der Waals surface area contributed by atoms with E-state index in [1.165, 1.54) is 6.92 Å². The molecule has 1 aromatic rings. The van der Waals surface area contributed by atoms with Crippen LogP contribution >= 0.6 is 0 Å². The summed E-state index contributed by atoms with van der Waals surface area (Å²) in [6.45, 7) is 5.94.